The van der Waals surface area contributed by atoms with E-state index in [2.05, 4.69) is 50.3 Å². The standard InChI is InChI=1S/C13H21NOSSi/c1-13(2,3)17(4,5)12-9(8-15)11-10(14-12)6-7-16-11/h6-7,14-15H,8H2,1-5H3. The molecule has 0 radical (unpaired) electrons. The third kappa shape index (κ3) is 1.88. The first-order valence-electron chi connectivity index (χ1n) is 5.98. The Morgan fingerprint density at radius 2 is 2.00 bits per heavy atom. The molecule has 2 rings (SSSR count). The van der Waals surface area contributed by atoms with Gasteiger partial charge in [0.25, 0.3) is 0 Å². The van der Waals surface area contributed by atoms with E-state index < -0.39 is 8.07 Å². The molecule has 0 fully saturated rings. The van der Waals surface area contributed by atoms with Gasteiger partial charge in [-0.15, -0.1) is 11.3 Å². The summed E-state index contributed by atoms with van der Waals surface area (Å²) < 4.78 is 1.23. The number of nitrogens with one attached hydrogen (secondary N) is 1. The van der Waals surface area contributed by atoms with Gasteiger partial charge in [0.05, 0.1) is 16.8 Å². The summed E-state index contributed by atoms with van der Waals surface area (Å²) in [5, 5.41) is 13.3. The summed E-state index contributed by atoms with van der Waals surface area (Å²) in [6.45, 7) is 11.8. The molecule has 0 saturated heterocycles. The van der Waals surface area contributed by atoms with E-state index in [4.69, 9.17) is 0 Å². The smallest absolute Gasteiger partial charge is 0.107 e. The van der Waals surface area contributed by atoms with Gasteiger partial charge in [0.15, 0.2) is 0 Å². The van der Waals surface area contributed by atoms with Gasteiger partial charge in [0, 0.05) is 10.9 Å². The van der Waals surface area contributed by atoms with E-state index in [1.54, 1.807) is 11.3 Å². The summed E-state index contributed by atoms with van der Waals surface area (Å²) >= 11 is 1.72. The molecule has 94 valence electrons. The van der Waals surface area contributed by atoms with Gasteiger partial charge in [-0.25, -0.2) is 0 Å². The van der Waals surface area contributed by atoms with E-state index in [9.17, 15) is 5.11 Å². The highest BCUT2D eigenvalue weighted by Gasteiger charge is 2.40. The van der Waals surface area contributed by atoms with Crippen molar-refractivity contribution in [3.8, 4) is 0 Å². The van der Waals surface area contributed by atoms with Crippen molar-refractivity contribution >= 4 is 34.9 Å². The molecule has 2 N–H and O–H groups in total. The Hall–Kier alpha value is -0.583. The second-order valence-electron chi connectivity index (χ2n) is 6.18. The molecule has 0 spiro atoms. The minimum atomic E-state index is -1.60. The third-order valence-corrected chi connectivity index (χ3v) is 10.6. The maximum Gasteiger partial charge on any atom is 0.107 e. The molecule has 0 aromatic carbocycles. The predicted octanol–water partition coefficient (Wildman–Crippen LogP) is 3.44. The molecular weight excluding hydrogens is 246 g/mol. The number of aromatic amines is 1. The Kier molecular flexibility index (Phi) is 3.00. The van der Waals surface area contributed by atoms with Crippen LogP contribution in [0.25, 0.3) is 10.2 Å². The lowest BCUT2D eigenvalue weighted by atomic mass is 10.2. The molecule has 0 bridgehead atoms. The summed E-state index contributed by atoms with van der Waals surface area (Å²) in [5.74, 6) is 0. The average Bonchev–Trinajstić information content (AvgIpc) is 2.73. The number of aliphatic hydroxyl groups excluding tert-OH is 1. The fourth-order valence-electron chi connectivity index (χ4n) is 2.02. The van der Waals surface area contributed by atoms with Crippen molar-refractivity contribution in [2.24, 2.45) is 0 Å². The largest absolute Gasteiger partial charge is 0.392 e. The number of rotatable bonds is 2. The Bertz CT molecular complexity index is 533. The maximum atomic E-state index is 9.66. The SMILES string of the molecule is CC(C)(C)[Si](C)(C)c1[nH]c2ccsc2c1CO. The van der Waals surface area contributed by atoms with Crippen molar-refractivity contribution in [3.63, 3.8) is 0 Å². The predicted molar refractivity (Wildman–Crippen MR) is 78.9 cm³/mol. The number of hydrogen-bond donors (Lipinski definition) is 2. The molecule has 0 aliphatic rings. The lowest BCUT2D eigenvalue weighted by molar-refractivity contribution is 0.284. The molecule has 0 amide bonds. The van der Waals surface area contributed by atoms with E-state index in [0.717, 1.165) is 5.56 Å². The lowest BCUT2D eigenvalue weighted by Gasteiger charge is -2.36. The fourth-order valence-corrected chi connectivity index (χ4v) is 5.17. The first-order chi connectivity index (χ1) is 7.79. The van der Waals surface area contributed by atoms with E-state index in [0.29, 0.717) is 0 Å². The molecule has 2 aromatic rings. The zero-order valence-corrected chi connectivity index (χ0v) is 13.0. The highest BCUT2D eigenvalue weighted by molar-refractivity contribution is 7.17. The van der Waals surface area contributed by atoms with Gasteiger partial charge in [-0.3, -0.25) is 0 Å². The van der Waals surface area contributed by atoms with Gasteiger partial charge in [0.2, 0.25) is 0 Å². The van der Waals surface area contributed by atoms with Gasteiger partial charge in [-0.05, 0) is 16.5 Å². The van der Waals surface area contributed by atoms with Crippen LogP contribution < -0.4 is 5.32 Å². The number of fused-ring (bicyclic) bond motifs is 1. The molecule has 17 heavy (non-hydrogen) atoms. The van der Waals surface area contributed by atoms with Crippen molar-refractivity contribution in [2.75, 3.05) is 0 Å². The van der Waals surface area contributed by atoms with Crippen LogP contribution in [0.15, 0.2) is 11.4 Å². The number of H-pyrrole nitrogens is 1. The molecule has 0 saturated carbocycles. The highest BCUT2D eigenvalue weighted by atomic mass is 32.1. The third-order valence-electron chi connectivity index (χ3n) is 4.16. The molecule has 0 aliphatic heterocycles. The van der Waals surface area contributed by atoms with Crippen LogP contribution in [-0.4, -0.2) is 18.2 Å². The van der Waals surface area contributed by atoms with Gasteiger partial charge in [-0.2, -0.15) is 0 Å². The summed E-state index contributed by atoms with van der Waals surface area (Å²) in [6.07, 6.45) is 0. The first kappa shape index (κ1) is 12.9. The topological polar surface area (TPSA) is 36.0 Å². The summed E-state index contributed by atoms with van der Waals surface area (Å²) in [6, 6.07) is 2.11. The van der Waals surface area contributed by atoms with Crippen molar-refractivity contribution in [1.29, 1.82) is 0 Å². The fraction of sp³-hybridized carbons (Fsp3) is 0.538. The molecule has 0 aliphatic carbocycles. The normalized spacial score (nSPS) is 13.5. The van der Waals surface area contributed by atoms with Crippen LogP contribution in [0.3, 0.4) is 0 Å². The van der Waals surface area contributed by atoms with Gasteiger partial charge in [0.1, 0.15) is 8.07 Å². The minimum absolute atomic E-state index is 0.141. The molecule has 0 atom stereocenters. The van der Waals surface area contributed by atoms with E-state index in [1.165, 1.54) is 15.5 Å². The Morgan fingerprint density at radius 1 is 1.35 bits per heavy atom. The van der Waals surface area contributed by atoms with Crippen LogP contribution >= 0.6 is 11.3 Å². The average molecular weight is 267 g/mol. The van der Waals surface area contributed by atoms with Crippen molar-refractivity contribution in [1.82, 2.24) is 4.98 Å². The molecule has 2 nitrogen and oxygen atoms in total. The van der Waals surface area contributed by atoms with Crippen molar-refractivity contribution in [2.45, 2.75) is 45.5 Å². The second kappa shape index (κ2) is 3.97. The zero-order valence-electron chi connectivity index (χ0n) is 11.2. The summed E-state index contributed by atoms with van der Waals surface area (Å²) in [7, 11) is -1.60. The van der Waals surface area contributed by atoms with E-state index in [-0.39, 0.29) is 11.6 Å². The van der Waals surface area contributed by atoms with Crippen molar-refractivity contribution in [3.05, 3.63) is 17.0 Å². The number of hydrogen-bond acceptors (Lipinski definition) is 2. The van der Waals surface area contributed by atoms with Crippen LogP contribution in [-0.2, 0) is 6.61 Å². The number of aromatic nitrogens is 1. The van der Waals surface area contributed by atoms with E-state index in [1.807, 2.05) is 0 Å². The monoisotopic (exact) mass is 267 g/mol. The zero-order chi connectivity index (χ0) is 12.8. The molecule has 4 heteroatoms. The highest BCUT2D eigenvalue weighted by Crippen LogP contribution is 2.37. The van der Waals surface area contributed by atoms with Gasteiger partial charge >= 0.3 is 0 Å². The Morgan fingerprint density at radius 3 is 2.53 bits per heavy atom. The Balaban J connectivity index is 2.66. The van der Waals surface area contributed by atoms with Crippen LogP contribution in [0.4, 0.5) is 0 Å². The maximum absolute atomic E-state index is 9.66. The van der Waals surface area contributed by atoms with Crippen molar-refractivity contribution < 1.29 is 5.11 Å². The van der Waals surface area contributed by atoms with Crippen LogP contribution in [0.1, 0.15) is 26.3 Å². The van der Waals surface area contributed by atoms with Crippen LogP contribution in [0, 0.1) is 0 Å². The molecule has 2 heterocycles. The summed E-state index contributed by atoms with van der Waals surface area (Å²) in [5.41, 5.74) is 2.31. The number of thiophene rings is 1. The molecular formula is C13H21NOSSi. The minimum Gasteiger partial charge on any atom is -0.392 e. The van der Waals surface area contributed by atoms with E-state index >= 15 is 0 Å². The lowest BCUT2D eigenvalue weighted by Crippen LogP contribution is -2.51. The van der Waals surface area contributed by atoms with Gasteiger partial charge in [-0.1, -0.05) is 33.9 Å². The molecule has 2 aromatic heterocycles. The van der Waals surface area contributed by atoms with Crippen LogP contribution in [0.5, 0.6) is 0 Å². The molecule has 0 unspecified atom stereocenters. The first-order valence-corrected chi connectivity index (χ1v) is 9.86. The van der Waals surface area contributed by atoms with Gasteiger partial charge < -0.3 is 10.1 Å². The Labute approximate surface area is 108 Å². The summed E-state index contributed by atoms with van der Waals surface area (Å²) in [4.78, 5) is 3.55. The second-order valence-corrected chi connectivity index (χ2v) is 12.3. The number of aliphatic hydroxyl groups is 1. The quantitative estimate of drug-likeness (QED) is 0.803. The van der Waals surface area contributed by atoms with Crippen LogP contribution in [0.2, 0.25) is 18.1 Å².